The maximum Gasteiger partial charge on any atom is 0.278 e. The molecule has 0 spiro atoms. The molecule has 0 bridgehead atoms. The minimum atomic E-state index is -3.28. The minimum Gasteiger partial charge on any atom is -0.337 e. The topological polar surface area (TPSA) is 67.2 Å². The molecule has 1 aromatic heterocycles. The van der Waals surface area contributed by atoms with E-state index in [1.807, 2.05) is 10.8 Å². The monoisotopic (exact) mass is 232 g/mol. The van der Waals surface area contributed by atoms with Crippen molar-refractivity contribution in [2.45, 2.75) is 13.0 Å². The first-order chi connectivity index (χ1) is 7.02. The fourth-order valence-corrected chi connectivity index (χ4v) is 1.67. The van der Waals surface area contributed by atoms with Crippen molar-refractivity contribution in [2.24, 2.45) is 0 Å². The second-order valence-corrected chi connectivity index (χ2v) is 5.30. The smallest absolute Gasteiger partial charge is 0.278 e. The molecule has 0 unspecified atom stereocenters. The molecule has 7 heteroatoms. The molecular formula is C8H16N4O2S. The van der Waals surface area contributed by atoms with Crippen LogP contribution in [0.5, 0.6) is 0 Å². The predicted octanol–water partition coefficient (Wildman–Crippen LogP) is -0.331. The van der Waals surface area contributed by atoms with Crippen LogP contribution < -0.4 is 4.72 Å². The van der Waals surface area contributed by atoms with Gasteiger partial charge >= 0.3 is 0 Å². The Hall–Kier alpha value is -0.920. The first-order valence-electron chi connectivity index (χ1n) is 4.65. The molecule has 0 aliphatic rings. The number of hydrogen-bond donors (Lipinski definition) is 1. The largest absolute Gasteiger partial charge is 0.337 e. The third-order valence-corrected chi connectivity index (χ3v) is 3.45. The Morgan fingerprint density at radius 1 is 1.47 bits per heavy atom. The fraction of sp³-hybridized carbons (Fsp3) is 0.625. The Bertz CT molecular complexity index is 371. The molecule has 1 rings (SSSR count). The lowest BCUT2D eigenvalue weighted by Gasteiger charge is -2.12. The lowest BCUT2D eigenvalue weighted by Crippen LogP contribution is -2.36. The van der Waals surface area contributed by atoms with E-state index in [1.54, 1.807) is 12.5 Å². The predicted molar refractivity (Wildman–Crippen MR) is 57.5 cm³/mol. The van der Waals surface area contributed by atoms with Crippen LogP contribution in [0.15, 0.2) is 18.7 Å². The highest BCUT2D eigenvalue weighted by Gasteiger charge is 2.10. The number of nitrogens with one attached hydrogen (secondary N) is 1. The van der Waals surface area contributed by atoms with Gasteiger partial charge in [-0.25, -0.2) is 9.71 Å². The number of aromatic nitrogens is 2. The van der Waals surface area contributed by atoms with Gasteiger partial charge in [-0.2, -0.15) is 12.7 Å². The van der Waals surface area contributed by atoms with E-state index in [9.17, 15) is 8.42 Å². The zero-order chi connectivity index (χ0) is 11.3. The Labute approximate surface area is 90.1 Å². The van der Waals surface area contributed by atoms with Crippen molar-refractivity contribution in [2.75, 3.05) is 20.6 Å². The molecule has 1 aromatic rings. The van der Waals surface area contributed by atoms with E-state index in [-0.39, 0.29) is 0 Å². The molecule has 15 heavy (non-hydrogen) atoms. The maximum atomic E-state index is 11.3. The van der Waals surface area contributed by atoms with Crippen molar-refractivity contribution < 1.29 is 8.42 Å². The molecule has 0 amide bonds. The summed E-state index contributed by atoms with van der Waals surface area (Å²) >= 11 is 0. The van der Waals surface area contributed by atoms with Gasteiger partial charge < -0.3 is 4.57 Å². The van der Waals surface area contributed by atoms with Crippen LogP contribution in [0.25, 0.3) is 0 Å². The molecule has 0 aromatic carbocycles. The van der Waals surface area contributed by atoms with Crippen LogP contribution in [0, 0.1) is 0 Å². The lowest BCUT2D eigenvalue weighted by molar-refractivity contribution is 0.501. The first-order valence-corrected chi connectivity index (χ1v) is 6.09. The Kier molecular flexibility index (Phi) is 4.25. The van der Waals surface area contributed by atoms with Gasteiger partial charge in [0.1, 0.15) is 0 Å². The summed E-state index contributed by atoms with van der Waals surface area (Å²) in [5.74, 6) is 0. The van der Waals surface area contributed by atoms with Crippen LogP contribution >= 0.6 is 0 Å². The van der Waals surface area contributed by atoms with E-state index >= 15 is 0 Å². The van der Waals surface area contributed by atoms with Crippen molar-refractivity contribution >= 4 is 10.2 Å². The molecule has 0 radical (unpaired) electrons. The van der Waals surface area contributed by atoms with Gasteiger partial charge in [0.15, 0.2) is 0 Å². The van der Waals surface area contributed by atoms with Gasteiger partial charge in [0, 0.05) is 39.6 Å². The summed E-state index contributed by atoms with van der Waals surface area (Å²) in [6, 6.07) is 0. The number of aryl methyl sites for hydroxylation is 1. The highest BCUT2D eigenvalue weighted by atomic mass is 32.2. The second kappa shape index (κ2) is 5.24. The third-order valence-electron chi connectivity index (χ3n) is 1.92. The van der Waals surface area contributed by atoms with Gasteiger partial charge in [0.05, 0.1) is 6.33 Å². The zero-order valence-corrected chi connectivity index (χ0v) is 9.74. The molecule has 0 aliphatic carbocycles. The van der Waals surface area contributed by atoms with Crippen molar-refractivity contribution in [3.63, 3.8) is 0 Å². The van der Waals surface area contributed by atoms with Gasteiger partial charge in [-0.1, -0.05) is 0 Å². The summed E-state index contributed by atoms with van der Waals surface area (Å²) in [6.45, 7) is 1.19. The number of hydrogen-bond acceptors (Lipinski definition) is 3. The van der Waals surface area contributed by atoms with Crippen molar-refractivity contribution in [1.82, 2.24) is 18.6 Å². The summed E-state index contributed by atoms with van der Waals surface area (Å²) in [4.78, 5) is 3.89. The molecule has 1 N–H and O–H groups in total. The van der Waals surface area contributed by atoms with Crippen LogP contribution in [0.2, 0.25) is 0 Å². The van der Waals surface area contributed by atoms with Crippen LogP contribution in [0.3, 0.4) is 0 Å². The van der Waals surface area contributed by atoms with Gasteiger partial charge in [0.2, 0.25) is 0 Å². The average molecular weight is 232 g/mol. The Morgan fingerprint density at radius 3 is 2.73 bits per heavy atom. The summed E-state index contributed by atoms with van der Waals surface area (Å²) < 4.78 is 28.1. The van der Waals surface area contributed by atoms with E-state index in [4.69, 9.17) is 0 Å². The SMILES string of the molecule is CN(C)S(=O)(=O)NCCCn1ccnc1. The third kappa shape index (κ3) is 3.98. The first kappa shape index (κ1) is 12.2. The average Bonchev–Trinajstić information content (AvgIpc) is 2.64. The van der Waals surface area contributed by atoms with Gasteiger partial charge in [-0.05, 0) is 6.42 Å². The minimum absolute atomic E-state index is 0.429. The van der Waals surface area contributed by atoms with Crippen LogP contribution in [0.1, 0.15) is 6.42 Å². The van der Waals surface area contributed by atoms with Crippen LogP contribution in [-0.2, 0) is 16.8 Å². The van der Waals surface area contributed by atoms with Gasteiger partial charge in [-0.15, -0.1) is 0 Å². The summed E-state index contributed by atoms with van der Waals surface area (Å²) in [5, 5.41) is 0. The molecule has 0 atom stereocenters. The molecule has 6 nitrogen and oxygen atoms in total. The molecule has 0 saturated heterocycles. The summed E-state index contributed by atoms with van der Waals surface area (Å²) in [6.07, 6.45) is 5.99. The van der Waals surface area contributed by atoms with Crippen LogP contribution in [0.4, 0.5) is 0 Å². The summed E-state index contributed by atoms with van der Waals surface area (Å²) in [5.41, 5.74) is 0. The van der Waals surface area contributed by atoms with Gasteiger partial charge in [0.25, 0.3) is 10.2 Å². The van der Waals surface area contributed by atoms with Crippen molar-refractivity contribution in [1.29, 1.82) is 0 Å². The summed E-state index contributed by atoms with van der Waals surface area (Å²) in [7, 11) is -0.284. The molecule has 0 fully saturated rings. The quantitative estimate of drug-likeness (QED) is 0.683. The van der Waals surface area contributed by atoms with Crippen molar-refractivity contribution in [3.05, 3.63) is 18.7 Å². The normalized spacial score (nSPS) is 12.2. The molecule has 86 valence electrons. The Morgan fingerprint density at radius 2 is 2.20 bits per heavy atom. The van der Waals surface area contributed by atoms with E-state index < -0.39 is 10.2 Å². The van der Waals surface area contributed by atoms with E-state index in [0.717, 1.165) is 17.3 Å². The van der Waals surface area contributed by atoms with E-state index in [0.29, 0.717) is 6.54 Å². The fourth-order valence-electron chi connectivity index (χ4n) is 1.01. The highest BCUT2D eigenvalue weighted by molar-refractivity contribution is 7.87. The zero-order valence-electron chi connectivity index (χ0n) is 8.92. The second-order valence-electron chi connectivity index (χ2n) is 3.34. The standard InChI is InChI=1S/C8H16N4O2S/c1-11(2)15(13,14)10-4-3-6-12-7-5-9-8-12/h5,7-8,10H,3-4,6H2,1-2H3. The number of rotatable bonds is 6. The molecule has 0 saturated carbocycles. The van der Waals surface area contributed by atoms with Crippen LogP contribution in [-0.4, -0.2) is 42.9 Å². The van der Waals surface area contributed by atoms with E-state index in [1.165, 1.54) is 14.1 Å². The van der Waals surface area contributed by atoms with E-state index in [2.05, 4.69) is 9.71 Å². The highest BCUT2D eigenvalue weighted by Crippen LogP contribution is 1.92. The maximum absolute atomic E-state index is 11.3. The number of nitrogens with zero attached hydrogens (tertiary/aromatic N) is 3. The number of imidazole rings is 1. The molecular weight excluding hydrogens is 216 g/mol. The van der Waals surface area contributed by atoms with Gasteiger partial charge in [-0.3, -0.25) is 0 Å². The molecule has 0 aliphatic heterocycles. The molecule has 1 heterocycles. The van der Waals surface area contributed by atoms with Crippen molar-refractivity contribution in [3.8, 4) is 0 Å². The lowest BCUT2D eigenvalue weighted by atomic mass is 10.4. The Balaban J connectivity index is 2.23.